The molecule has 0 fully saturated rings. The summed E-state index contributed by atoms with van der Waals surface area (Å²) in [6.45, 7) is 6.82. The largest absolute Gasteiger partial charge is 0.487 e. The molecular formula is C35H33ClN2O3S. The highest BCUT2D eigenvalue weighted by atomic mass is 35.5. The molecule has 6 rings (SSSR count). The predicted molar refractivity (Wildman–Crippen MR) is 171 cm³/mol. The van der Waals surface area contributed by atoms with E-state index in [4.69, 9.17) is 16.3 Å². The molecule has 1 N–H and O–H groups in total. The normalized spacial score (nSPS) is 14.7. The Hall–Kier alpha value is -3.74. The molecule has 0 spiro atoms. The van der Waals surface area contributed by atoms with Crippen molar-refractivity contribution in [1.82, 2.24) is 9.55 Å². The molecule has 0 bridgehead atoms. The molecule has 0 saturated heterocycles. The molecule has 0 amide bonds. The number of aliphatic carboxylic acids is 1. The van der Waals surface area contributed by atoms with Gasteiger partial charge in [-0.2, -0.15) is 0 Å². The fraction of sp³-hybridized carbons (Fsp3) is 0.257. The minimum Gasteiger partial charge on any atom is -0.487 e. The number of benzene rings is 3. The fourth-order valence-corrected chi connectivity index (χ4v) is 7.09. The number of ether oxygens (including phenoxy) is 1. The van der Waals surface area contributed by atoms with Gasteiger partial charge >= 0.3 is 5.97 Å². The van der Waals surface area contributed by atoms with Crippen LogP contribution in [0.1, 0.15) is 43.3 Å². The maximum Gasteiger partial charge on any atom is 0.309 e. The number of aromatic nitrogens is 2. The van der Waals surface area contributed by atoms with Gasteiger partial charge in [-0.25, -0.2) is 0 Å². The quantitative estimate of drug-likeness (QED) is 0.184. The summed E-state index contributed by atoms with van der Waals surface area (Å²) in [5.74, 6) is 0.0526. The molecule has 3 aromatic carbocycles. The fourth-order valence-electron chi connectivity index (χ4n) is 5.64. The van der Waals surface area contributed by atoms with E-state index in [0.29, 0.717) is 29.8 Å². The lowest BCUT2D eigenvalue weighted by atomic mass is 9.87. The first-order valence-corrected chi connectivity index (χ1v) is 15.4. The summed E-state index contributed by atoms with van der Waals surface area (Å²) in [5.41, 5.74) is 6.65. The van der Waals surface area contributed by atoms with Crippen molar-refractivity contribution < 1.29 is 14.6 Å². The zero-order chi connectivity index (χ0) is 29.4. The first-order chi connectivity index (χ1) is 20.2. The van der Waals surface area contributed by atoms with Crippen LogP contribution in [-0.4, -0.2) is 25.9 Å². The number of pyridine rings is 1. The van der Waals surface area contributed by atoms with Crippen molar-refractivity contribution in [2.24, 2.45) is 5.41 Å². The van der Waals surface area contributed by atoms with E-state index in [1.165, 1.54) is 10.9 Å². The molecule has 0 saturated carbocycles. The number of carbonyl (C=O) groups is 1. The number of nitrogens with zero attached hydrogens (tertiary/aromatic N) is 2. The molecular weight excluding hydrogens is 564 g/mol. The predicted octanol–water partition coefficient (Wildman–Crippen LogP) is 8.67. The maximum atomic E-state index is 12.2. The van der Waals surface area contributed by atoms with Gasteiger partial charge in [0.15, 0.2) is 0 Å². The average Bonchev–Trinajstić information content (AvgIpc) is 3.26. The molecule has 42 heavy (non-hydrogen) atoms. The molecule has 5 nitrogen and oxygen atoms in total. The van der Waals surface area contributed by atoms with E-state index in [1.807, 2.05) is 66.5 Å². The van der Waals surface area contributed by atoms with Crippen molar-refractivity contribution >= 4 is 40.2 Å². The van der Waals surface area contributed by atoms with Gasteiger partial charge in [-0.1, -0.05) is 61.0 Å². The molecule has 1 aliphatic heterocycles. The molecule has 7 heteroatoms. The van der Waals surface area contributed by atoms with Crippen LogP contribution in [0.3, 0.4) is 0 Å². The van der Waals surface area contributed by atoms with Crippen LogP contribution < -0.4 is 4.74 Å². The summed E-state index contributed by atoms with van der Waals surface area (Å²) >= 11 is 8.01. The Morgan fingerprint density at radius 3 is 2.57 bits per heavy atom. The van der Waals surface area contributed by atoms with Gasteiger partial charge in [0, 0.05) is 51.0 Å². The van der Waals surface area contributed by atoms with Gasteiger partial charge in [-0.15, -0.1) is 11.8 Å². The van der Waals surface area contributed by atoms with Gasteiger partial charge in [0.25, 0.3) is 0 Å². The van der Waals surface area contributed by atoms with Gasteiger partial charge in [0.05, 0.1) is 16.6 Å². The van der Waals surface area contributed by atoms with Gasteiger partial charge in [0.2, 0.25) is 0 Å². The Labute approximate surface area is 255 Å². The summed E-state index contributed by atoms with van der Waals surface area (Å²) < 4.78 is 8.77. The minimum absolute atomic E-state index is 0.322. The highest BCUT2D eigenvalue weighted by molar-refractivity contribution is 8.00. The van der Waals surface area contributed by atoms with Crippen LogP contribution in [0.25, 0.3) is 22.0 Å². The first-order valence-electron chi connectivity index (χ1n) is 14.1. The van der Waals surface area contributed by atoms with Gasteiger partial charge in [-0.05, 0) is 73.4 Å². The number of hydrogen-bond donors (Lipinski definition) is 1. The number of carboxylic acids is 1. The monoisotopic (exact) mass is 596 g/mol. The Balaban J connectivity index is 1.41. The average molecular weight is 597 g/mol. The molecule has 1 aliphatic rings. The summed E-state index contributed by atoms with van der Waals surface area (Å²) in [5, 5.41) is 12.2. The van der Waals surface area contributed by atoms with Crippen LogP contribution in [-0.2, 0) is 30.8 Å². The first kappa shape index (κ1) is 28.4. The number of thioether (sulfide) groups is 1. The second-order valence-electron chi connectivity index (χ2n) is 11.6. The summed E-state index contributed by atoms with van der Waals surface area (Å²) in [6.07, 6.45) is 3.12. The SMILES string of the molecule is CC1Cc2c(OCc3cc(-c4ccccc4)ccn3)ccc3c2c(c(CC(C)(C)C(=O)O)n3Cc2ccc(Cl)cc2)S1. The molecule has 0 aliphatic carbocycles. The zero-order valence-corrected chi connectivity index (χ0v) is 25.5. The highest BCUT2D eigenvalue weighted by Gasteiger charge is 2.34. The van der Waals surface area contributed by atoms with Crippen molar-refractivity contribution in [3.63, 3.8) is 0 Å². The van der Waals surface area contributed by atoms with E-state index in [0.717, 1.165) is 50.7 Å². The van der Waals surface area contributed by atoms with E-state index in [-0.39, 0.29) is 0 Å². The second kappa shape index (κ2) is 11.5. The van der Waals surface area contributed by atoms with Crippen LogP contribution in [0, 0.1) is 5.41 Å². The van der Waals surface area contributed by atoms with E-state index < -0.39 is 11.4 Å². The molecule has 3 heterocycles. The van der Waals surface area contributed by atoms with Crippen LogP contribution in [0.15, 0.2) is 90.0 Å². The van der Waals surface area contributed by atoms with E-state index in [2.05, 4.69) is 46.8 Å². The maximum absolute atomic E-state index is 12.2. The third kappa shape index (κ3) is 5.66. The summed E-state index contributed by atoms with van der Waals surface area (Å²) in [7, 11) is 0. The molecule has 2 aromatic heterocycles. The third-order valence-electron chi connectivity index (χ3n) is 7.91. The van der Waals surface area contributed by atoms with Crippen molar-refractivity contribution in [3.05, 3.63) is 113 Å². The Kier molecular flexibility index (Phi) is 7.77. The van der Waals surface area contributed by atoms with Crippen LogP contribution in [0.2, 0.25) is 5.02 Å². The Bertz CT molecular complexity index is 1760. The Morgan fingerprint density at radius 2 is 1.83 bits per heavy atom. The topological polar surface area (TPSA) is 64.3 Å². The number of halogens is 1. The van der Waals surface area contributed by atoms with Gasteiger partial charge < -0.3 is 14.4 Å². The standard InChI is InChI=1S/C35H33ClN2O3S/c1-22-17-28-31(41-21-27-18-25(15-16-37-27)24-7-5-4-6-8-24)14-13-29-32(28)33(42-22)30(19-35(2,3)34(39)40)38(29)20-23-9-11-26(36)12-10-23/h4-16,18,22H,17,19-21H2,1-3H3,(H,39,40). The Morgan fingerprint density at radius 1 is 1.07 bits per heavy atom. The molecule has 1 unspecified atom stereocenters. The minimum atomic E-state index is -0.918. The van der Waals surface area contributed by atoms with Crippen molar-refractivity contribution in [2.75, 3.05) is 0 Å². The summed E-state index contributed by atoms with van der Waals surface area (Å²) in [6, 6.07) is 26.4. The molecule has 1 atom stereocenters. The lowest BCUT2D eigenvalue weighted by Gasteiger charge is -2.24. The number of hydrogen-bond acceptors (Lipinski definition) is 4. The lowest BCUT2D eigenvalue weighted by Crippen LogP contribution is -2.28. The van der Waals surface area contributed by atoms with Gasteiger partial charge in [0.1, 0.15) is 12.4 Å². The van der Waals surface area contributed by atoms with Crippen LogP contribution in [0.4, 0.5) is 0 Å². The number of carboxylic acid groups (broad SMARTS) is 1. The van der Waals surface area contributed by atoms with Crippen molar-refractivity contribution in [2.45, 2.75) is 56.9 Å². The van der Waals surface area contributed by atoms with Crippen molar-refractivity contribution in [3.8, 4) is 16.9 Å². The van der Waals surface area contributed by atoms with Crippen molar-refractivity contribution in [1.29, 1.82) is 0 Å². The summed E-state index contributed by atoms with van der Waals surface area (Å²) in [4.78, 5) is 18.0. The van der Waals surface area contributed by atoms with Crippen LogP contribution >= 0.6 is 23.4 Å². The smallest absolute Gasteiger partial charge is 0.309 e. The molecule has 214 valence electrons. The second-order valence-corrected chi connectivity index (χ2v) is 13.5. The van der Waals surface area contributed by atoms with Gasteiger partial charge in [-0.3, -0.25) is 9.78 Å². The number of rotatable bonds is 9. The van der Waals surface area contributed by atoms with Crippen LogP contribution in [0.5, 0.6) is 5.75 Å². The molecule has 5 aromatic rings. The van der Waals surface area contributed by atoms with E-state index in [9.17, 15) is 9.90 Å². The molecule has 0 radical (unpaired) electrons. The highest BCUT2D eigenvalue weighted by Crippen LogP contribution is 2.48. The van der Waals surface area contributed by atoms with E-state index >= 15 is 0 Å². The third-order valence-corrected chi connectivity index (χ3v) is 9.40. The lowest BCUT2D eigenvalue weighted by molar-refractivity contribution is -0.146. The zero-order valence-electron chi connectivity index (χ0n) is 23.9. The van der Waals surface area contributed by atoms with E-state index in [1.54, 1.807) is 13.8 Å².